The Bertz CT molecular complexity index is 316. The van der Waals surface area contributed by atoms with Gasteiger partial charge in [-0.3, -0.25) is 4.98 Å². The second kappa shape index (κ2) is 9.93. The minimum atomic E-state index is -0.347. The highest BCUT2D eigenvalue weighted by molar-refractivity contribution is 5.16. The van der Waals surface area contributed by atoms with E-state index in [4.69, 9.17) is 5.73 Å². The Kier molecular flexibility index (Phi) is 8.43. The maximum Gasteiger partial charge on any atom is 0.0621 e. The third kappa shape index (κ3) is 6.17. The highest BCUT2D eigenvalue weighted by Crippen LogP contribution is 2.21. The molecule has 1 aromatic rings. The summed E-state index contributed by atoms with van der Waals surface area (Å²) in [4.78, 5) is 4.10. The van der Waals surface area contributed by atoms with Crippen molar-refractivity contribution in [2.75, 3.05) is 6.54 Å². The molecule has 3 N–H and O–H groups in total. The Morgan fingerprint density at radius 1 is 1.21 bits per heavy atom. The molecule has 0 radical (unpaired) electrons. The van der Waals surface area contributed by atoms with Crippen LogP contribution in [0.25, 0.3) is 0 Å². The molecule has 0 spiro atoms. The molecular formula is C16H28N2O. The number of aliphatic hydroxyl groups is 1. The molecule has 0 aliphatic carbocycles. The van der Waals surface area contributed by atoms with Crippen LogP contribution in [0.15, 0.2) is 24.5 Å². The number of unbranched alkanes of at least 4 members (excludes halogenated alkanes) is 5. The van der Waals surface area contributed by atoms with Gasteiger partial charge in [-0.05, 0) is 18.1 Å². The van der Waals surface area contributed by atoms with E-state index in [1.165, 1.54) is 32.1 Å². The third-order valence-corrected chi connectivity index (χ3v) is 3.68. The number of aliphatic hydroxyl groups excluding tert-OH is 1. The summed E-state index contributed by atoms with van der Waals surface area (Å²) >= 11 is 0. The van der Waals surface area contributed by atoms with Gasteiger partial charge in [0.2, 0.25) is 0 Å². The second-order valence-corrected chi connectivity index (χ2v) is 5.25. The number of nitrogens with zero attached hydrogens (tertiary/aromatic N) is 1. The summed E-state index contributed by atoms with van der Waals surface area (Å²) in [7, 11) is 0. The number of pyridine rings is 1. The largest absolute Gasteiger partial charge is 0.392 e. The van der Waals surface area contributed by atoms with Gasteiger partial charge in [0, 0.05) is 24.9 Å². The molecule has 0 aromatic carbocycles. The van der Waals surface area contributed by atoms with Crippen molar-refractivity contribution in [1.82, 2.24) is 4.98 Å². The maximum absolute atomic E-state index is 10.3. The first-order valence-electron chi connectivity index (χ1n) is 7.57. The lowest BCUT2D eigenvalue weighted by molar-refractivity contribution is 0.132. The summed E-state index contributed by atoms with van der Waals surface area (Å²) in [6.07, 6.45) is 11.5. The fourth-order valence-corrected chi connectivity index (χ4v) is 2.45. The molecule has 0 aliphatic heterocycles. The SMILES string of the molecule is CCCCCCCCC(O)C(CN)c1cccnc1. The Hall–Kier alpha value is -0.930. The minimum absolute atomic E-state index is 0.0179. The van der Waals surface area contributed by atoms with Crippen LogP contribution in [-0.4, -0.2) is 22.7 Å². The van der Waals surface area contributed by atoms with E-state index in [9.17, 15) is 5.11 Å². The van der Waals surface area contributed by atoms with Gasteiger partial charge in [-0.2, -0.15) is 0 Å². The lowest BCUT2D eigenvalue weighted by Crippen LogP contribution is -2.26. The average Bonchev–Trinajstić information content (AvgIpc) is 2.45. The van der Waals surface area contributed by atoms with Gasteiger partial charge in [0.1, 0.15) is 0 Å². The molecule has 19 heavy (non-hydrogen) atoms. The molecule has 0 amide bonds. The molecular weight excluding hydrogens is 236 g/mol. The molecule has 0 bridgehead atoms. The van der Waals surface area contributed by atoms with Crippen molar-refractivity contribution < 1.29 is 5.11 Å². The van der Waals surface area contributed by atoms with Crippen LogP contribution in [0.5, 0.6) is 0 Å². The monoisotopic (exact) mass is 264 g/mol. The van der Waals surface area contributed by atoms with E-state index in [1.807, 2.05) is 18.3 Å². The van der Waals surface area contributed by atoms with E-state index < -0.39 is 0 Å². The summed E-state index contributed by atoms with van der Waals surface area (Å²) in [6.45, 7) is 2.70. The first kappa shape index (κ1) is 16.1. The summed E-state index contributed by atoms with van der Waals surface area (Å²) < 4.78 is 0. The van der Waals surface area contributed by atoms with Gasteiger partial charge >= 0.3 is 0 Å². The first-order chi connectivity index (χ1) is 9.29. The van der Waals surface area contributed by atoms with Crippen molar-refractivity contribution in [2.45, 2.75) is 63.9 Å². The first-order valence-corrected chi connectivity index (χ1v) is 7.57. The zero-order chi connectivity index (χ0) is 13.9. The van der Waals surface area contributed by atoms with Crippen LogP contribution in [0.2, 0.25) is 0 Å². The fourth-order valence-electron chi connectivity index (χ4n) is 2.45. The van der Waals surface area contributed by atoms with E-state index in [0.717, 1.165) is 18.4 Å². The molecule has 2 unspecified atom stereocenters. The fraction of sp³-hybridized carbons (Fsp3) is 0.688. The van der Waals surface area contributed by atoms with Gasteiger partial charge in [-0.25, -0.2) is 0 Å². The van der Waals surface area contributed by atoms with Gasteiger partial charge in [-0.15, -0.1) is 0 Å². The van der Waals surface area contributed by atoms with Crippen molar-refractivity contribution in [3.8, 4) is 0 Å². The van der Waals surface area contributed by atoms with E-state index in [-0.39, 0.29) is 12.0 Å². The second-order valence-electron chi connectivity index (χ2n) is 5.25. The van der Waals surface area contributed by atoms with E-state index in [2.05, 4.69) is 11.9 Å². The smallest absolute Gasteiger partial charge is 0.0621 e. The number of rotatable bonds is 10. The molecule has 1 rings (SSSR count). The molecule has 0 fully saturated rings. The summed E-state index contributed by atoms with van der Waals surface area (Å²) in [5, 5.41) is 10.3. The van der Waals surface area contributed by atoms with Crippen LogP contribution in [0.4, 0.5) is 0 Å². The zero-order valence-corrected chi connectivity index (χ0v) is 12.1. The van der Waals surface area contributed by atoms with Crippen molar-refractivity contribution in [3.05, 3.63) is 30.1 Å². The van der Waals surface area contributed by atoms with Crippen LogP contribution >= 0.6 is 0 Å². The predicted octanol–water partition coefficient (Wildman–Crippen LogP) is 3.24. The van der Waals surface area contributed by atoms with E-state index in [1.54, 1.807) is 6.20 Å². The van der Waals surface area contributed by atoms with Crippen molar-refractivity contribution in [1.29, 1.82) is 0 Å². The lowest BCUT2D eigenvalue weighted by Gasteiger charge is -2.21. The van der Waals surface area contributed by atoms with Crippen LogP contribution in [0.3, 0.4) is 0 Å². The van der Waals surface area contributed by atoms with Crippen LogP contribution < -0.4 is 5.73 Å². The molecule has 3 heteroatoms. The molecule has 3 nitrogen and oxygen atoms in total. The van der Waals surface area contributed by atoms with Crippen LogP contribution in [0.1, 0.15) is 63.4 Å². The molecule has 2 atom stereocenters. The van der Waals surface area contributed by atoms with Gasteiger partial charge in [0.05, 0.1) is 6.10 Å². The number of aromatic nitrogens is 1. The normalized spacial score (nSPS) is 14.3. The number of hydrogen-bond donors (Lipinski definition) is 2. The molecule has 1 heterocycles. The zero-order valence-electron chi connectivity index (χ0n) is 12.1. The van der Waals surface area contributed by atoms with Gasteiger partial charge < -0.3 is 10.8 Å². The van der Waals surface area contributed by atoms with Gasteiger partial charge in [0.15, 0.2) is 0 Å². The predicted molar refractivity (Wildman–Crippen MR) is 80.0 cm³/mol. The highest BCUT2D eigenvalue weighted by Gasteiger charge is 2.19. The van der Waals surface area contributed by atoms with Crippen LogP contribution in [0, 0.1) is 0 Å². The topological polar surface area (TPSA) is 59.1 Å². The maximum atomic E-state index is 10.3. The van der Waals surface area contributed by atoms with Crippen molar-refractivity contribution in [3.63, 3.8) is 0 Å². The Labute approximate surface area is 117 Å². The molecule has 0 saturated carbocycles. The Morgan fingerprint density at radius 2 is 1.95 bits per heavy atom. The Balaban J connectivity index is 2.28. The quantitative estimate of drug-likeness (QED) is 0.638. The van der Waals surface area contributed by atoms with E-state index >= 15 is 0 Å². The lowest BCUT2D eigenvalue weighted by atomic mass is 9.91. The molecule has 108 valence electrons. The van der Waals surface area contributed by atoms with E-state index in [0.29, 0.717) is 6.54 Å². The number of nitrogens with two attached hydrogens (primary N) is 1. The Morgan fingerprint density at radius 3 is 2.58 bits per heavy atom. The molecule has 0 aliphatic rings. The minimum Gasteiger partial charge on any atom is -0.392 e. The summed E-state index contributed by atoms with van der Waals surface area (Å²) in [5.74, 6) is 0.0179. The van der Waals surface area contributed by atoms with Crippen molar-refractivity contribution >= 4 is 0 Å². The van der Waals surface area contributed by atoms with Crippen LogP contribution in [-0.2, 0) is 0 Å². The van der Waals surface area contributed by atoms with Crippen molar-refractivity contribution in [2.24, 2.45) is 5.73 Å². The summed E-state index contributed by atoms with van der Waals surface area (Å²) in [5.41, 5.74) is 6.83. The average molecular weight is 264 g/mol. The molecule has 0 saturated heterocycles. The van der Waals surface area contributed by atoms with Gasteiger partial charge in [0.25, 0.3) is 0 Å². The highest BCUT2D eigenvalue weighted by atomic mass is 16.3. The standard InChI is InChI=1S/C16H28N2O/c1-2-3-4-5-6-7-10-16(19)15(12-17)14-9-8-11-18-13-14/h8-9,11,13,15-16,19H,2-7,10,12,17H2,1H3. The summed E-state index contributed by atoms with van der Waals surface area (Å²) in [6, 6.07) is 3.89. The number of hydrogen-bond acceptors (Lipinski definition) is 3. The third-order valence-electron chi connectivity index (χ3n) is 3.68. The molecule has 1 aromatic heterocycles. The van der Waals surface area contributed by atoms with Gasteiger partial charge in [-0.1, -0.05) is 51.5 Å².